The van der Waals surface area contributed by atoms with E-state index >= 15 is 0 Å². The van der Waals surface area contributed by atoms with Gasteiger partial charge in [0.05, 0.1) is 12.0 Å². The molecule has 4 rings (SSSR count). The molecular formula is C29H31N3. The Bertz CT molecular complexity index is 1040. The Kier molecular flexibility index (Phi) is 6.36. The summed E-state index contributed by atoms with van der Waals surface area (Å²) in [7, 11) is 0. The van der Waals surface area contributed by atoms with E-state index in [2.05, 4.69) is 128 Å². The van der Waals surface area contributed by atoms with Gasteiger partial charge in [0, 0.05) is 25.4 Å². The van der Waals surface area contributed by atoms with Crippen LogP contribution in [-0.2, 0) is 12.0 Å². The molecule has 0 spiro atoms. The normalized spacial score (nSPS) is 12.3. The van der Waals surface area contributed by atoms with Gasteiger partial charge in [-0.25, -0.2) is 4.98 Å². The van der Waals surface area contributed by atoms with E-state index in [-0.39, 0.29) is 5.41 Å². The fourth-order valence-electron chi connectivity index (χ4n) is 4.18. The molecule has 0 aliphatic rings. The van der Waals surface area contributed by atoms with Gasteiger partial charge in [-0.15, -0.1) is 0 Å². The standard InChI is InChI=1S/C29H31N3/c1-28(2,3)22-30-20-19-27-21-32(23-31-27)29(24-13-7-4-8-14-24,25-15-9-5-10-16-25)26-17-11-6-12-18-26/h4-18,21-23H,19-20H2,1-3H3. The summed E-state index contributed by atoms with van der Waals surface area (Å²) >= 11 is 0. The number of hydrogen-bond donors (Lipinski definition) is 0. The first-order chi connectivity index (χ1) is 15.5. The first-order valence-electron chi connectivity index (χ1n) is 11.2. The molecule has 0 unspecified atom stereocenters. The zero-order valence-corrected chi connectivity index (χ0v) is 19.1. The lowest BCUT2D eigenvalue weighted by Crippen LogP contribution is -2.36. The highest BCUT2D eigenvalue weighted by Gasteiger charge is 2.38. The van der Waals surface area contributed by atoms with Crippen LogP contribution in [-0.4, -0.2) is 22.3 Å². The largest absolute Gasteiger partial charge is 0.319 e. The van der Waals surface area contributed by atoms with Gasteiger partial charge >= 0.3 is 0 Å². The monoisotopic (exact) mass is 421 g/mol. The smallest absolute Gasteiger partial charge is 0.121 e. The predicted molar refractivity (Wildman–Crippen MR) is 133 cm³/mol. The number of rotatable bonds is 7. The van der Waals surface area contributed by atoms with Crippen molar-refractivity contribution in [3.05, 3.63) is 126 Å². The quantitative estimate of drug-likeness (QED) is 0.251. The van der Waals surface area contributed by atoms with Crippen LogP contribution in [0, 0.1) is 5.41 Å². The summed E-state index contributed by atoms with van der Waals surface area (Å²) < 4.78 is 2.26. The molecule has 3 heteroatoms. The zero-order chi connectivity index (χ0) is 22.4. The number of aliphatic imine (C=N–C) groups is 1. The highest BCUT2D eigenvalue weighted by atomic mass is 15.1. The second-order valence-electron chi connectivity index (χ2n) is 9.23. The average molecular weight is 422 g/mol. The van der Waals surface area contributed by atoms with E-state index in [1.54, 1.807) is 0 Å². The summed E-state index contributed by atoms with van der Waals surface area (Å²) in [6.07, 6.45) is 7.00. The third kappa shape index (κ3) is 4.57. The minimum Gasteiger partial charge on any atom is -0.319 e. The molecule has 0 fully saturated rings. The van der Waals surface area contributed by atoms with Gasteiger partial charge in [0.15, 0.2) is 0 Å². The van der Waals surface area contributed by atoms with Crippen LogP contribution in [0.1, 0.15) is 43.2 Å². The van der Waals surface area contributed by atoms with Crippen molar-refractivity contribution in [1.29, 1.82) is 0 Å². The summed E-state index contributed by atoms with van der Waals surface area (Å²) in [5.41, 5.74) is 4.24. The Morgan fingerprint density at radius 3 is 1.66 bits per heavy atom. The minimum absolute atomic E-state index is 0.0996. The first-order valence-corrected chi connectivity index (χ1v) is 11.2. The summed E-state index contributed by atoms with van der Waals surface area (Å²) in [5, 5.41) is 0. The maximum absolute atomic E-state index is 4.78. The molecule has 1 heterocycles. The van der Waals surface area contributed by atoms with Crippen molar-refractivity contribution < 1.29 is 0 Å². The van der Waals surface area contributed by atoms with Crippen molar-refractivity contribution in [3.8, 4) is 0 Å². The Morgan fingerprint density at radius 2 is 1.22 bits per heavy atom. The van der Waals surface area contributed by atoms with E-state index in [1.165, 1.54) is 16.7 Å². The van der Waals surface area contributed by atoms with Crippen molar-refractivity contribution in [3.63, 3.8) is 0 Å². The maximum atomic E-state index is 4.78. The highest BCUT2D eigenvalue weighted by molar-refractivity contribution is 5.63. The molecular weight excluding hydrogens is 390 g/mol. The molecule has 0 N–H and O–H groups in total. The zero-order valence-electron chi connectivity index (χ0n) is 19.1. The van der Waals surface area contributed by atoms with Crippen molar-refractivity contribution in [2.75, 3.05) is 6.54 Å². The molecule has 1 aromatic heterocycles. The van der Waals surface area contributed by atoms with Crippen LogP contribution < -0.4 is 0 Å². The topological polar surface area (TPSA) is 30.2 Å². The first kappa shape index (κ1) is 21.8. The van der Waals surface area contributed by atoms with E-state index in [1.807, 2.05) is 12.5 Å². The molecule has 32 heavy (non-hydrogen) atoms. The summed E-state index contributed by atoms with van der Waals surface area (Å²) in [6.45, 7) is 7.24. The Morgan fingerprint density at radius 1 is 0.750 bits per heavy atom. The lowest BCUT2D eigenvalue weighted by molar-refractivity contribution is 0.514. The Labute approximate surface area is 191 Å². The number of hydrogen-bond acceptors (Lipinski definition) is 2. The molecule has 0 bridgehead atoms. The van der Waals surface area contributed by atoms with Crippen LogP contribution in [0.3, 0.4) is 0 Å². The van der Waals surface area contributed by atoms with E-state index < -0.39 is 5.54 Å². The van der Waals surface area contributed by atoms with Gasteiger partial charge in [-0.1, -0.05) is 112 Å². The molecule has 0 amide bonds. The van der Waals surface area contributed by atoms with Crippen molar-refractivity contribution in [1.82, 2.24) is 9.55 Å². The van der Waals surface area contributed by atoms with Crippen LogP contribution in [0.25, 0.3) is 0 Å². The van der Waals surface area contributed by atoms with Crippen molar-refractivity contribution >= 4 is 6.21 Å². The third-order valence-corrected chi connectivity index (χ3v) is 5.57. The summed E-state index contributed by atoms with van der Waals surface area (Å²) in [6, 6.07) is 32.0. The van der Waals surface area contributed by atoms with Gasteiger partial charge in [-0.05, 0) is 22.1 Å². The highest BCUT2D eigenvalue weighted by Crippen LogP contribution is 2.40. The second kappa shape index (κ2) is 9.35. The molecule has 4 aromatic rings. The third-order valence-electron chi connectivity index (χ3n) is 5.57. The average Bonchev–Trinajstić information content (AvgIpc) is 3.28. The van der Waals surface area contributed by atoms with E-state index in [0.29, 0.717) is 0 Å². The molecule has 0 atom stereocenters. The van der Waals surface area contributed by atoms with Gasteiger partial charge < -0.3 is 4.57 Å². The Hall–Kier alpha value is -3.46. The SMILES string of the molecule is CC(C)(C)C=NCCc1cn(C(c2ccccc2)(c2ccccc2)c2ccccc2)cn1. The fraction of sp³-hybridized carbons (Fsp3) is 0.241. The van der Waals surface area contributed by atoms with Gasteiger partial charge in [0.25, 0.3) is 0 Å². The van der Waals surface area contributed by atoms with Crippen LogP contribution in [0.2, 0.25) is 0 Å². The van der Waals surface area contributed by atoms with Gasteiger partial charge in [-0.3, -0.25) is 4.99 Å². The molecule has 0 saturated heterocycles. The molecule has 3 aromatic carbocycles. The van der Waals surface area contributed by atoms with E-state index in [4.69, 9.17) is 4.98 Å². The van der Waals surface area contributed by atoms with Crippen LogP contribution in [0.4, 0.5) is 0 Å². The minimum atomic E-state index is -0.510. The molecule has 0 saturated carbocycles. The van der Waals surface area contributed by atoms with Crippen LogP contribution >= 0.6 is 0 Å². The predicted octanol–water partition coefficient (Wildman–Crippen LogP) is 6.38. The van der Waals surface area contributed by atoms with Gasteiger partial charge in [0.1, 0.15) is 5.54 Å². The molecule has 0 aliphatic heterocycles. The van der Waals surface area contributed by atoms with E-state index in [9.17, 15) is 0 Å². The number of benzene rings is 3. The number of nitrogens with zero attached hydrogens (tertiary/aromatic N) is 3. The van der Waals surface area contributed by atoms with Crippen molar-refractivity contribution in [2.45, 2.75) is 32.7 Å². The van der Waals surface area contributed by atoms with E-state index in [0.717, 1.165) is 18.7 Å². The maximum Gasteiger partial charge on any atom is 0.121 e. The summed E-state index contributed by atoms with van der Waals surface area (Å²) in [5.74, 6) is 0. The fourth-order valence-corrected chi connectivity index (χ4v) is 4.18. The molecule has 3 nitrogen and oxygen atoms in total. The van der Waals surface area contributed by atoms with Gasteiger partial charge in [0.2, 0.25) is 0 Å². The lowest BCUT2D eigenvalue weighted by atomic mass is 9.77. The second-order valence-corrected chi connectivity index (χ2v) is 9.23. The number of aromatic nitrogens is 2. The van der Waals surface area contributed by atoms with Crippen molar-refractivity contribution in [2.24, 2.45) is 10.4 Å². The number of imidazole rings is 1. The van der Waals surface area contributed by atoms with Gasteiger partial charge in [-0.2, -0.15) is 0 Å². The Balaban J connectivity index is 1.83. The molecule has 0 radical (unpaired) electrons. The summed E-state index contributed by atoms with van der Waals surface area (Å²) in [4.78, 5) is 9.39. The van der Waals surface area contributed by atoms with Crippen LogP contribution in [0.15, 0.2) is 109 Å². The molecule has 162 valence electrons. The lowest BCUT2D eigenvalue weighted by Gasteiger charge is -2.37. The van der Waals surface area contributed by atoms with Crippen LogP contribution in [0.5, 0.6) is 0 Å². The molecule has 0 aliphatic carbocycles.